The smallest absolute Gasteiger partial charge is 0.138 e. The van der Waals surface area contributed by atoms with Crippen molar-refractivity contribution in [1.29, 1.82) is 0 Å². The van der Waals surface area contributed by atoms with Gasteiger partial charge in [0.15, 0.2) is 0 Å². The summed E-state index contributed by atoms with van der Waals surface area (Å²) in [5, 5.41) is 22.7. The maximum absolute atomic E-state index is 6.88. The molecule has 4 aliphatic rings. The number of fused-ring (bicyclic) bond motifs is 16. The molecule has 8 nitrogen and oxygen atoms in total. The molecular formula is C125H98O8. The first-order valence-corrected chi connectivity index (χ1v) is 46.6. The van der Waals surface area contributed by atoms with Gasteiger partial charge in [0.25, 0.3) is 0 Å². The lowest BCUT2D eigenvalue weighted by Gasteiger charge is -2.32. The Morgan fingerprint density at radius 1 is 0.180 bits per heavy atom. The Morgan fingerprint density at radius 2 is 0.398 bits per heavy atom. The number of rotatable bonds is 2. The fraction of sp³-hybridized carbons (Fsp3) is 0.160. The van der Waals surface area contributed by atoms with E-state index in [0.29, 0.717) is 0 Å². The Labute approximate surface area is 771 Å². The second kappa shape index (κ2) is 30.1. The van der Waals surface area contributed by atoms with E-state index in [2.05, 4.69) is 373 Å². The second-order valence-corrected chi connectivity index (χ2v) is 37.6. The number of aryl methyl sites for hydroxylation is 18. The third-order valence-corrected chi connectivity index (χ3v) is 29.0. The minimum atomic E-state index is 0.906. The molecule has 0 atom stereocenters. The molecule has 0 saturated heterocycles. The fourth-order valence-electron chi connectivity index (χ4n) is 22.5. The first kappa shape index (κ1) is 80.9. The van der Waals surface area contributed by atoms with Crippen LogP contribution in [0.2, 0.25) is 0 Å². The second-order valence-electron chi connectivity index (χ2n) is 37.6. The molecule has 0 radical (unpaired) electrons. The minimum absolute atomic E-state index is 0.906. The van der Waals surface area contributed by atoms with Gasteiger partial charge in [-0.3, -0.25) is 0 Å². The van der Waals surface area contributed by atoms with E-state index in [0.717, 1.165) is 237 Å². The van der Waals surface area contributed by atoms with Gasteiger partial charge >= 0.3 is 0 Å². The van der Waals surface area contributed by atoms with Crippen molar-refractivity contribution in [3.05, 3.63) is 393 Å². The summed E-state index contributed by atoms with van der Waals surface area (Å²) in [6, 6.07) is 86.4. The van der Waals surface area contributed by atoms with E-state index in [-0.39, 0.29) is 0 Å². The zero-order chi connectivity index (χ0) is 91.0. The Balaban J connectivity index is 0.0000000977. The van der Waals surface area contributed by atoms with Crippen LogP contribution < -0.4 is 18.9 Å². The van der Waals surface area contributed by atoms with Gasteiger partial charge < -0.3 is 36.6 Å². The quantitative estimate of drug-likeness (QED) is 0.0961. The van der Waals surface area contributed by atoms with Crippen LogP contribution in [0, 0.1) is 111 Å². The SMILES string of the molecule is CCc1cc(C)c2oc3c(C)ccc4c5c(CC)cc(C)c6oc7c(C)ccc8c1c2c(c34)c(c78)c65.Cc1cccc2c1Oc1c(C)cccc1C2=C1c2cccc(C)c2Oc2c(C)cccc21.Cc1cccc2c1Oc1c(C)cccc1C2=C=C1c2cccc(C)c2Oc2c(C)cccc21.Cc1cccc2c1oc1c(C)ccc3c1c2c1ccc(C)c2oc4c(C)cccc4c3c21. The van der Waals surface area contributed by atoms with Gasteiger partial charge in [0.2, 0.25) is 0 Å². The summed E-state index contributed by atoms with van der Waals surface area (Å²) in [7, 11) is 0. The average molecular weight is 1730 g/mol. The van der Waals surface area contributed by atoms with Crippen LogP contribution in [0.5, 0.6) is 46.0 Å². The molecule has 0 unspecified atom stereocenters. The Morgan fingerprint density at radius 3 is 0.677 bits per heavy atom. The van der Waals surface area contributed by atoms with Crippen molar-refractivity contribution in [2.45, 2.75) is 137 Å². The third kappa shape index (κ3) is 11.8. The maximum Gasteiger partial charge on any atom is 0.138 e. The summed E-state index contributed by atoms with van der Waals surface area (Å²) >= 11 is 0. The molecule has 0 bridgehead atoms. The highest BCUT2D eigenvalue weighted by molar-refractivity contribution is 6.48. The molecule has 19 aromatic carbocycles. The molecule has 646 valence electrons. The van der Waals surface area contributed by atoms with Gasteiger partial charge in [0.05, 0.1) is 0 Å². The van der Waals surface area contributed by atoms with Crippen LogP contribution in [0.4, 0.5) is 0 Å². The average Bonchev–Trinajstić information content (AvgIpc) is 0.664. The van der Waals surface area contributed by atoms with Gasteiger partial charge in [-0.05, 0) is 280 Å². The molecule has 8 heterocycles. The van der Waals surface area contributed by atoms with Gasteiger partial charge in [-0.15, -0.1) is 5.73 Å². The fourth-order valence-corrected chi connectivity index (χ4v) is 22.5. The summed E-state index contributed by atoms with van der Waals surface area (Å²) in [5.74, 6) is 7.37. The van der Waals surface area contributed by atoms with Crippen molar-refractivity contribution in [1.82, 2.24) is 0 Å². The highest BCUT2D eigenvalue weighted by Crippen LogP contribution is 2.60. The van der Waals surface area contributed by atoms with E-state index >= 15 is 0 Å². The maximum atomic E-state index is 6.88. The number of para-hydroxylation sites is 10. The molecule has 4 aromatic heterocycles. The van der Waals surface area contributed by atoms with Gasteiger partial charge in [0.1, 0.15) is 90.7 Å². The van der Waals surface area contributed by atoms with Crippen molar-refractivity contribution in [3.8, 4) is 46.0 Å². The van der Waals surface area contributed by atoms with Crippen molar-refractivity contribution in [2.24, 2.45) is 0 Å². The van der Waals surface area contributed by atoms with E-state index in [9.17, 15) is 0 Å². The van der Waals surface area contributed by atoms with Crippen LogP contribution in [-0.2, 0) is 12.8 Å². The topological polar surface area (TPSA) is 89.5 Å². The van der Waals surface area contributed by atoms with Crippen molar-refractivity contribution >= 4 is 164 Å². The van der Waals surface area contributed by atoms with Crippen molar-refractivity contribution in [3.63, 3.8) is 0 Å². The molecule has 0 fully saturated rings. The summed E-state index contributed by atoms with van der Waals surface area (Å²) in [5.41, 5.74) is 46.2. The van der Waals surface area contributed by atoms with Gasteiger partial charge in [-0.25, -0.2) is 0 Å². The van der Waals surface area contributed by atoms with Gasteiger partial charge in [0, 0.05) is 131 Å². The number of hydrogen-bond acceptors (Lipinski definition) is 8. The van der Waals surface area contributed by atoms with Gasteiger partial charge in [-0.2, -0.15) is 0 Å². The summed E-state index contributed by atoms with van der Waals surface area (Å²) in [6.45, 7) is 38.6. The summed E-state index contributed by atoms with van der Waals surface area (Å²) in [6.07, 6.45) is 1.95. The largest absolute Gasteiger partial charge is 0.456 e. The number of hydrogen-bond donors (Lipinski definition) is 0. The number of benzene rings is 19. The zero-order valence-electron chi connectivity index (χ0n) is 78.3. The zero-order valence-corrected chi connectivity index (χ0v) is 78.3. The Bertz CT molecular complexity index is 8460. The minimum Gasteiger partial charge on any atom is -0.456 e. The summed E-state index contributed by atoms with van der Waals surface area (Å²) < 4.78 is 52.9. The molecule has 8 heteroatoms. The molecule has 0 aliphatic carbocycles. The molecule has 133 heavy (non-hydrogen) atoms. The number of ether oxygens (including phenoxy) is 4. The molecule has 0 amide bonds. The molecule has 23 aromatic rings. The highest BCUT2D eigenvalue weighted by Gasteiger charge is 2.37. The van der Waals surface area contributed by atoms with Gasteiger partial charge in [-0.1, -0.05) is 232 Å². The monoisotopic (exact) mass is 1730 g/mol. The lowest BCUT2D eigenvalue weighted by Crippen LogP contribution is -2.11. The molecule has 0 saturated carbocycles. The van der Waals surface area contributed by atoms with E-state index in [4.69, 9.17) is 36.6 Å². The van der Waals surface area contributed by atoms with E-state index in [1.807, 2.05) is 0 Å². The Kier molecular flexibility index (Phi) is 18.3. The predicted molar refractivity (Wildman–Crippen MR) is 552 cm³/mol. The van der Waals surface area contributed by atoms with Crippen LogP contribution >= 0.6 is 0 Å². The van der Waals surface area contributed by atoms with Crippen LogP contribution in [0.1, 0.15) is 158 Å². The Hall–Kier alpha value is -15.3. The molecular weight excluding hydrogens is 1630 g/mol. The van der Waals surface area contributed by atoms with Crippen LogP contribution in [0.15, 0.2) is 266 Å². The summed E-state index contributed by atoms with van der Waals surface area (Å²) in [4.78, 5) is 0. The third-order valence-electron chi connectivity index (χ3n) is 29.0. The molecule has 0 N–H and O–H groups in total. The lowest BCUT2D eigenvalue weighted by atomic mass is 9.81. The predicted octanol–water partition coefficient (Wildman–Crippen LogP) is 35.6. The first-order chi connectivity index (χ1) is 64.5. The van der Waals surface area contributed by atoms with E-state index in [1.54, 1.807) is 0 Å². The van der Waals surface area contributed by atoms with Crippen molar-refractivity contribution in [2.75, 3.05) is 0 Å². The normalized spacial score (nSPS) is 12.9. The van der Waals surface area contributed by atoms with Crippen LogP contribution in [-0.4, -0.2) is 0 Å². The van der Waals surface area contributed by atoms with Crippen LogP contribution in [0.3, 0.4) is 0 Å². The van der Waals surface area contributed by atoms with Crippen LogP contribution in [0.25, 0.3) is 164 Å². The van der Waals surface area contributed by atoms with E-state index < -0.39 is 0 Å². The first-order valence-electron chi connectivity index (χ1n) is 46.6. The standard InChI is InChI=1S/C34H28O2.C31H24O2.C30H22O2.C30H24O2/c1-7-19-13-17(5)33-29-23(19)21-11-9-15(3)31-25(21)28-27(29)26-22(12-10-16(4)32(26)35-33)24-20(8-2)14-18(6)34(36-31)30(24)28;1-18-9-5-13-22-26(23-14-6-10-19(2)29(23)32-28(18)22)17-27-24-15-7-11-20(3)30(24)33-31-21(4)12-8-16-25(27)31;1-15-7-5-9-21-23-19-13-12-18(4)30-26(19)24(22-10-6-8-16(2)28(22)32-30)20-14-11-17(3)29(25(20)23)31-27(15)21;1-17-9-5-13-21-25(22-14-6-10-18(2)28(22)31-27(17)21)26-23-15-7-11-19(3)29(23)32-30-20(4)12-8-16-24(26)30/h9-14H,7-8H2,1-6H3;5-16H,1-4H3;5-14H,1-4H3;5-16H,1-4H3. The molecule has 0 spiro atoms. The van der Waals surface area contributed by atoms with Crippen molar-refractivity contribution < 1.29 is 36.6 Å². The lowest BCUT2D eigenvalue weighted by molar-refractivity contribution is 0.464. The van der Waals surface area contributed by atoms with E-state index in [1.165, 1.54) is 131 Å². The molecule has 4 aliphatic heterocycles. The highest BCUT2D eigenvalue weighted by atomic mass is 16.5. The molecule has 27 rings (SSSR count).